The lowest BCUT2D eigenvalue weighted by Gasteiger charge is -2.09. The normalized spacial score (nSPS) is 11.0. The van der Waals surface area contributed by atoms with Gasteiger partial charge in [0.2, 0.25) is 5.78 Å². The fraction of sp³-hybridized carbons (Fsp3) is 0.111. The molecular formula is C18H15BrFNO4. The highest BCUT2D eigenvalue weighted by molar-refractivity contribution is 9.10. The van der Waals surface area contributed by atoms with Crippen LogP contribution in [-0.2, 0) is 9.53 Å². The zero-order valence-electron chi connectivity index (χ0n) is 13.5. The number of hydrogen-bond donors (Lipinski definition) is 1. The van der Waals surface area contributed by atoms with Gasteiger partial charge in [-0.15, -0.1) is 0 Å². The average molecular weight is 408 g/mol. The van der Waals surface area contributed by atoms with E-state index in [0.29, 0.717) is 15.9 Å². The molecule has 7 heteroatoms. The molecule has 0 aromatic heterocycles. The number of ketones is 1. The Kier molecular flexibility index (Phi) is 6.30. The van der Waals surface area contributed by atoms with Crippen LogP contribution >= 0.6 is 15.9 Å². The lowest BCUT2D eigenvalue weighted by Crippen LogP contribution is -2.16. The van der Waals surface area contributed by atoms with Gasteiger partial charge in [0.1, 0.15) is 17.1 Å². The van der Waals surface area contributed by atoms with Crippen molar-refractivity contribution >= 4 is 33.4 Å². The number of benzene rings is 2. The molecule has 0 saturated heterocycles. The van der Waals surface area contributed by atoms with Crippen LogP contribution in [-0.4, -0.2) is 26.0 Å². The zero-order chi connectivity index (χ0) is 18.4. The number of esters is 1. The summed E-state index contributed by atoms with van der Waals surface area (Å²) in [6.07, 6.45) is 1.25. The molecule has 130 valence electrons. The number of ether oxygens (including phenoxy) is 2. The van der Waals surface area contributed by atoms with Crippen molar-refractivity contribution in [1.29, 1.82) is 0 Å². The number of halogens is 2. The number of nitrogens with one attached hydrogen (secondary N) is 1. The Morgan fingerprint density at radius 2 is 1.80 bits per heavy atom. The maximum absolute atomic E-state index is 13.0. The summed E-state index contributed by atoms with van der Waals surface area (Å²) in [7, 11) is 2.70. The maximum Gasteiger partial charge on any atom is 0.343 e. The molecule has 2 aromatic carbocycles. The monoisotopic (exact) mass is 407 g/mol. The minimum atomic E-state index is -0.805. The summed E-state index contributed by atoms with van der Waals surface area (Å²) < 4.78 is 23.5. The van der Waals surface area contributed by atoms with Crippen LogP contribution in [0.5, 0.6) is 5.75 Å². The number of rotatable bonds is 6. The molecule has 0 fully saturated rings. The van der Waals surface area contributed by atoms with Gasteiger partial charge in [-0.2, -0.15) is 0 Å². The highest BCUT2D eigenvalue weighted by atomic mass is 79.9. The van der Waals surface area contributed by atoms with Crippen LogP contribution in [0.25, 0.3) is 0 Å². The second-order valence-electron chi connectivity index (χ2n) is 4.88. The molecule has 0 heterocycles. The highest BCUT2D eigenvalue weighted by Crippen LogP contribution is 2.27. The number of anilines is 1. The third-order valence-corrected chi connectivity index (χ3v) is 3.99. The molecule has 0 aliphatic rings. The van der Waals surface area contributed by atoms with E-state index in [1.165, 1.54) is 32.6 Å². The molecule has 25 heavy (non-hydrogen) atoms. The number of carbonyl (C=O) groups excluding carboxylic acids is 2. The molecule has 0 atom stereocenters. The summed E-state index contributed by atoms with van der Waals surface area (Å²) in [5.41, 5.74) is 0.543. The predicted molar refractivity (Wildman–Crippen MR) is 95.1 cm³/mol. The molecule has 0 unspecified atom stereocenters. The number of Topliss-reactive ketones (excluding diaryl/α,β-unsaturated/α-hetero) is 1. The van der Waals surface area contributed by atoms with Crippen LogP contribution < -0.4 is 10.1 Å². The van der Waals surface area contributed by atoms with Crippen molar-refractivity contribution in [3.63, 3.8) is 0 Å². The Morgan fingerprint density at radius 1 is 1.12 bits per heavy atom. The summed E-state index contributed by atoms with van der Waals surface area (Å²) in [5.74, 6) is -1.26. The summed E-state index contributed by atoms with van der Waals surface area (Å²) in [5, 5.41) is 2.88. The van der Waals surface area contributed by atoms with Crippen molar-refractivity contribution in [3.8, 4) is 5.75 Å². The lowest BCUT2D eigenvalue weighted by atomic mass is 10.0. The standard InChI is InChI=1S/C18H15BrFNO4/c1-24-13-7-8-15(19)16(9-13)21-10-14(18(23)25-2)17(22)11-3-5-12(20)6-4-11/h3-10,21H,1-2H3. The topological polar surface area (TPSA) is 64.6 Å². The van der Waals surface area contributed by atoms with E-state index in [1.54, 1.807) is 18.2 Å². The van der Waals surface area contributed by atoms with Gasteiger partial charge in [-0.25, -0.2) is 9.18 Å². The average Bonchev–Trinajstić information content (AvgIpc) is 2.63. The van der Waals surface area contributed by atoms with E-state index in [2.05, 4.69) is 26.0 Å². The molecule has 5 nitrogen and oxygen atoms in total. The van der Waals surface area contributed by atoms with Crippen molar-refractivity contribution in [2.75, 3.05) is 19.5 Å². The van der Waals surface area contributed by atoms with Crippen molar-refractivity contribution in [1.82, 2.24) is 0 Å². The quantitative estimate of drug-likeness (QED) is 0.258. The minimum absolute atomic E-state index is 0.171. The second-order valence-corrected chi connectivity index (χ2v) is 5.73. The van der Waals surface area contributed by atoms with E-state index in [1.807, 2.05) is 0 Å². The van der Waals surface area contributed by atoms with Gasteiger partial charge < -0.3 is 14.8 Å². The van der Waals surface area contributed by atoms with Gasteiger partial charge in [-0.1, -0.05) is 0 Å². The van der Waals surface area contributed by atoms with Gasteiger partial charge in [0.25, 0.3) is 0 Å². The molecule has 2 rings (SSSR count). The van der Waals surface area contributed by atoms with E-state index in [4.69, 9.17) is 4.74 Å². The number of methoxy groups -OCH3 is 2. The minimum Gasteiger partial charge on any atom is -0.497 e. The van der Waals surface area contributed by atoms with Gasteiger partial charge in [0.15, 0.2) is 0 Å². The largest absolute Gasteiger partial charge is 0.497 e. The van der Waals surface area contributed by atoms with Crippen molar-refractivity contribution in [3.05, 3.63) is 70.1 Å². The Morgan fingerprint density at radius 3 is 2.40 bits per heavy atom. The van der Waals surface area contributed by atoms with Crippen LogP contribution in [0.15, 0.2) is 58.7 Å². The van der Waals surface area contributed by atoms with E-state index in [0.717, 1.165) is 12.1 Å². The van der Waals surface area contributed by atoms with Crippen molar-refractivity contribution in [2.45, 2.75) is 0 Å². The van der Waals surface area contributed by atoms with Crippen LogP contribution in [0.3, 0.4) is 0 Å². The van der Waals surface area contributed by atoms with Gasteiger partial charge in [-0.05, 0) is 52.3 Å². The summed E-state index contributed by atoms with van der Waals surface area (Å²) >= 11 is 3.36. The van der Waals surface area contributed by atoms with Crippen molar-refractivity contribution in [2.24, 2.45) is 0 Å². The summed E-state index contributed by atoms with van der Waals surface area (Å²) in [4.78, 5) is 24.5. The maximum atomic E-state index is 13.0. The highest BCUT2D eigenvalue weighted by Gasteiger charge is 2.21. The summed E-state index contributed by atoms with van der Waals surface area (Å²) in [6, 6.07) is 10.1. The third kappa shape index (κ3) is 4.67. The van der Waals surface area contributed by atoms with Gasteiger partial charge >= 0.3 is 5.97 Å². The first-order chi connectivity index (χ1) is 12.0. The van der Waals surface area contributed by atoms with Crippen molar-refractivity contribution < 1.29 is 23.5 Å². The Labute approximate surface area is 152 Å². The van der Waals surface area contributed by atoms with Crippen LogP contribution in [0, 0.1) is 5.82 Å². The smallest absolute Gasteiger partial charge is 0.343 e. The van der Waals surface area contributed by atoms with Crippen LogP contribution in [0.4, 0.5) is 10.1 Å². The first-order valence-corrected chi connectivity index (χ1v) is 7.94. The first-order valence-electron chi connectivity index (χ1n) is 7.15. The molecular weight excluding hydrogens is 393 g/mol. The van der Waals surface area contributed by atoms with E-state index >= 15 is 0 Å². The molecule has 0 aliphatic carbocycles. The van der Waals surface area contributed by atoms with Gasteiger partial charge in [0.05, 0.1) is 19.9 Å². The van der Waals surface area contributed by atoms with Gasteiger partial charge in [-0.3, -0.25) is 4.79 Å². The zero-order valence-corrected chi connectivity index (χ0v) is 15.1. The summed E-state index contributed by atoms with van der Waals surface area (Å²) in [6.45, 7) is 0. The van der Waals surface area contributed by atoms with Crippen LogP contribution in [0.1, 0.15) is 10.4 Å². The lowest BCUT2D eigenvalue weighted by molar-refractivity contribution is -0.135. The molecule has 0 saturated carbocycles. The van der Waals surface area contributed by atoms with Gasteiger partial charge in [0, 0.05) is 22.3 Å². The third-order valence-electron chi connectivity index (χ3n) is 3.30. The molecule has 0 amide bonds. The SMILES string of the molecule is COC(=O)C(=CNc1cc(OC)ccc1Br)C(=O)c1ccc(F)cc1. The van der Waals surface area contributed by atoms with E-state index in [9.17, 15) is 14.0 Å². The predicted octanol–water partition coefficient (Wildman–Crippen LogP) is 3.95. The van der Waals surface area contributed by atoms with E-state index in [-0.39, 0.29) is 11.1 Å². The fourth-order valence-corrected chi connectivity index (χ4v) is 2.34. The van der Waals surface area contributed by atoms with Crippen LogP contribution in [0.2, 0.25) is 0 Å². The van der Waals surface area contributed by atoms with E-state index < -0.39 is 17.6 Å². The second kappa shape index (κ2) is 8.43. The molecule has 1 N–H and O–H groups in total. The Hall–Kier alpha value is -2.67. The first kappa shape index (κ1) is 18.7. The Bertz CT molecular complexity index is 818. The molecule has 0 radical (unpaired) electrons. The molecule has 0 spiro atoms. The molecule has 0 aliphatic heterocycles. The Balaban J connectivity index is 2.34. The molecule has 0 bridgehead atoms. The fourth-order valence-electron chi connectivity index (χ4n) is 1.98. The molecule has 2 aromatic rings. The number of hydrogen-bond acceptors (Lipinski definition) is 5. The number of carbonyl (C=O) groups is 2.